The molecule has 0 radical (unpaired) electrons. The average Bonchev–Trinajstić information content (AvgIpc) is 3.04. The van der Waals surface area contributed by atoms with Crippen molar-refractivity contribution in [3.05, 3.63) is 95.9 Å². The van der Waals surface area contributed by atoms with Crippen LogP contribution in [-0.4, -0.2) is 7.05 Å². The highest BCUT2D eigenvalue weighted by Gasteiger charge is 2.23. The molecule has 0 saturated heterocycles. The number of hydrogen-bond acceptors (Lipinski definition) is 4. The van der Waals surface area contributed by atoms with Crippen molar-refractivity contribution in [3.8, 4) is 28.2 Å². The Morgan fingerprint density at radius 3 is 2.46 bits per heavy atom. The predicted octanol–water partition coefficient (Wildman–Crippen LogP) is 5.36. The summed E-state index contributed by atoms with van der Waals surface area (Å²) in [6.07, 6.45) is 1.92. The number of ether oxygens (including phenoxy) is 1. The third kappa shape index (κ3) is 2.76. The van der Waals surface area contributed by atoms with Gasteiger partial charge in [0.15, 0.2) is 5.75 Å². The molecule has 0 unspecified atom stereocenters. The van der Waals surface area contributed by atoms with Gasteiger partial charge in [-0.05, 0) is 35.9 Å². The fourth-order valence-corrected chi connectivity index (χ4v) is 3.45. The highest BCUT2D eigenvalue weighted by atomic mass is 16.5. The fourth-order valence-electron chi connectivity index (χ4n) is 3.45. The minimum atomic E-state index is 0.420. The van der Waals surface area contributed by atoms with Gasteiger partial charge in [-0.15, -0.1) is 0 Å². The maximum absolute atomic E-state index is 7.90. The van der Waals surface area contributed by atoms with Crippen molar-refractivity contribution in [2.24, 2.45) is 0 Å². The van der Waals surface area contributed by atoms with Gasteiger partial charge >= 0.3 is 0 Å². The zero-order chi connectivity index (χ0) is 19.1. The molecule has 28 heavy (non-hydrogen) atoms. The summed E-state index contributed by atoms with van der Waals surface area (Å²) in [6.45, 7) is 0. The summed E-state index contributed by atoms with van der Waals surface area (Å²) in [5.74, 6) is 2.89. The number of anilines is 1. The molecule has 4 heteroatoms. The SMILES string of the molecule is CN1/C(=C\c2oc3cc(=N)ccc-3cc2-c2ccccc2)Oc2ccccc21. The van der Waals surface area contributed by atoms with Gasteiger partial charge in [0, 0.05) is 30.3 Å². The van der Waals surface area contributed by atoms with E-state index in [2.05, 4.69) is 18.2 Å². The molecule has 136 valence electrons. The van der Waals surface area contributed by atoms with Crippen molar-refractivity contribution < 1.29 is 9.15 Å². The summed E-state index contributed by atoms with van der Waals surface area (Å²) in [4.78, 5) is 2.00. The second kappa shape index (κ2) is 6.43. The molecule has 0 spiro atoms. The molecule has 0 fully saturated rings. The van der Waals surface area contributed by atoms with Crippen molar-refractivity contribution in [1.29, 1.82) is 5.41 Å². The quantitative estimate of drug-likeness (QED) is 0.520. The van der Waals surface area contributed by atoms with Gasteiger partial charge in [-0.1, -0.05) is 42.5 Å². The summed E-state index contributed by atoms with van der Waals surface area (Å²) in [5.41, 5.74) is 4.02. The Morgan fingerprint density at radius 1 is 0.857 bits per heavy atom. The molecule has 4 nitrogen and oxygen atoms in total. The molecular formula is C24H18N2O2. The Balaban J connectivity index is 1.70. The minimum absolute atomic E-state index is 0.420. The van der Waals surface area contributed by atoms with E-state index in [0.717, 1.165) is 28.1 Å². The van der Waals surface area contributed by atoms with Gasteiger partial charge in [-0.2, -0.15) is 0 Å². The molecule has 2 heterocycles. The van der Waals surface area contributed by atoms with E-state index in [-0.39, 0.29) is 0 Å². The van der Waals surface area contributed by atoms with Crippen molar-refractivity contribution in [3.63, 3.8) is 0 Å². The Hall–Kier alpha value is -3.79. The molecule has 0 aromatic heterocycles. The summed E-state index contributed by atoms with van der Waals surface area (Å²) in [6, 6.07) is 25.6. The highest BCUT2D eigenvalue weighted by Crippen LogP contribution is 2.39. The first-order valence-corrected chi connectivity index (χ1v) is 9.09. The molecule has 0 bridgehead atoms. The second-order valence-electron chi connectivity index (χ2n) is 6.75. The van der Waals surface area contributed by atoms with Crippen LogP contribution in [0.15, 0.2) is 89.2 Å². The van der Waals surface area contributed by atoms with Crippen LogP contribution >= 0.6 is 0 Å². The summed E-state index contributed by atoms with van der Waals surface area (Å²) >= 11 is 0. The number of rotatable bonds is 2. The molecule has 3 aliphatic rings. The topological polar surface area (TPSA) is 49.5 Å². The standard InChI is InChI=1S/C24H18N2O2/c1-26-20-9-5-6-10-21(20)28-24(26)15-23-19(16-7-3-2-4-8-16)13-17-11-12-18(25)14-22(17)27-23/h2-15,25H,1H3/b24-15+,25-18?. The van der Waals surface area contributed by atoms with Gasteiger partial charge < -0.3 is 19.5 Å². The summed E-state index contributed by atoms with van der Waals surface area (Å²) < 4.78 is 12.3. The van der Waals surface area contributed by atoms with Crippen LogP contribution in [0, 0.1) is 5.41 Å². The first-order chi connectivity index (χ1) is 13.7. The minimum Gasteiger partial charge on any atom is -0.456 e. The van der Waals surface area contributed by atoms with E-state index in [1.54, 1.807) is 12.1 Å². The highest BCUT2D eigenvalue weighted by molar-refractivity contribution is 5.80. The van der Waals surface area contributed by atoms with Crippen molar-refractivity contribution in [2.45, 2.75) is 0 Å². The number of fused-ring (bicyclic) bond motifs is 2. The van der Waals surface area contributed by atoms with Crippen molar-refractivity contribution in [1.82, 2.24) is 0 Å². The number of nitrogens with one attached hydrogen (secondary N) is 1. The van der Waals surface area contributed by atoms with Gasteiger partial charge in [0.25, 0.3) is 0 Å². The van der Waals surface area contributed by atoms with Crippen molar-refractivity contribution in [2.75, 3.05) is 11.9 Å². The third-order valence-electron chi connectivity index (χ3n) is 4.91. The zero-order valence-corrected chi connectivity index (χ0v) is 15.3. The van der Waals surface area contributed by atoms with Crippen LogP contribution in [0.2, 0.25) is 0 Å². The van der Waals surface area contributed by atoms with E-state index in [1.165, 1.54) is 0 Å². The maximum Gasteiger partial charge on any atom is 0.204 e. The fraction of sp³-hybridized carbons (Fsp3) is 0.0417. The van der Waals surface area contributed by atoms with Crippen LogP contribution in [0.25, 0.3) is 28.5 Å². The third-order valence-corrected chi connectivity index (χ3v) is 4.91. The van der Waals surface area contributed by atoms with Crippen LogP contribution in [-0.2, 0) is 0 Å². The van der Waals surface area contributed by atoms with E-state index in [4.69, 9.17) is 14.6 Å². The lowest BCUT2D eigenvalue weighted by molar-refractivity contribution is 0.446. The molecule has 0 atom stereocenters. The van der Waals surface area contributed by atoms with Crippen LogP contribution < -0.4 is 15.0 Å². The molecule has 2 aromatic carbocycles. The molecular weight excluding hydrogens is 348 g/mol. The van der Waals surface area contributed by atoms with Gasteiger partial charge in [-0.3, -0.25) is 0 Å². The first-order valence-electron chi connectivity index (χ1n) is 9.09. The molecule has 5 rings (SSSR count). The largest absolute Gasteiger partial charge is 0.456 e. The Kier molecular flexibility index (Phi) is 3.76. The molecule has 2 aromatic rings. The Morgan fingerprint density at radius 2 is 1.64 bits per heavy atom. The number of nitrogens with zero attached hydrogens (tertiary/aromatic N) is 1. The molecule has 1 N–H and O–H groups in total. The number of hydrogen-bond donors (Lipinski definition) is 1. The maximum atomic E-state index is 7.90. The normalized spacial score (nSPS) is 14.3. The van der Waals surface area contributed by atoms with Gasteiger partial charge in [0.05, 0.1) is 11.0 Å². The average molecular weight is 366 g/mol. The Labute approximate surface area is 162 Å². The van der Waals surface area contributed by atoms with E-state index in [0.29, 0.717) is 22.8 Å². The van der Waals surface area contributed by atoms with Crippen LogP contribution in [0.5, 0.6) is 5.75 Å². The van der Waals surface area contributed by atoms with E-state index in [9.17, 15) is 0 Å². The van der Waals surface area contributed by atoms with E-state index >= 15 is 0 Å². The van der Waals surface area contributed by atoms with Crippen LogP contribution in [0.3, 0.4) is 0 Å². The zero-order valence-electron chi connectivity index (χ0n) is 15.3. The molecule has 1 aliphatic carbocycles. The lowest BCUT2D eigenvalue weighted by Gasteiger charge is -2.14. The molecule has 0 amide bonds. The summed E-state index contributed by atoms with van der Waals surface area (Å²) in [7, 11) is 1.98. The van der Waals surface area contributed by atoms with Gasteiger partial charge in [-0.25, -0.2) is 0 Å². The first kappa shape index (κ1) is 16.4. The van der Waals surface area contributed by atoms with Gasteiger partial charge in [0.1, 0.15) is 11.5 Å². The van der Waals surface area contributed by atoms with Crippen molar-refractivity contribution >= 4 is 11.8 Å². The summed E-state index contributed by atoms with van der Waals surface area (Å²) in [5, 5.41) is 8.32. The number of para-hydroxylation sites is 2. The number of benzene rings is 3. The molecule has 2 aliphatic heterocycles. The van der Waals surface area contributed by atoms with E-state index < -0.39 is 0 Å². The lowest BCUT2D eigenvalue weighted by Crippen LogP contribution is -2.13. The predicted molar refractivity (Wildman–Crippen MR) is 110 cm³/mol. The molecule has 0 saturated carbocycles. The smallest absolute Gasteiger partial charge is 0.204 e. The monoisotopic (exact) mass is 366 g/mol. The van der Waals surface area contributed by atoms with Crippen LogP contribution in [0.4, 0.5) is 5.69 Å². The van der Waals surface area contributed by atoms with E-state index in [1.807, 2.05) is 66.6 Å². The second-order valence-corrected chi connectivity index (χ2v) is 6.75. The lowest BCUT2D eigenvalue weighted by atomic mass is 10.0. The Bertz CT molecular complexity index is 1220. The van der Waals surface area contributed by atoms with Crippen LogP contribution in [0.1, 0.15) is 5.76 Å². The van der Waals surface area contributed by atoms with Gasteiger partial charge in [0.2, 0.25) is 5.88 Å².